The highest BCUT2D eigenvalue weighted by atomic mass is 32.2. The van der Waals surface area contributed by atoms with Crippen molar-refractivity contribution in [3.63, 3.8) is 0 Å². The molecule has 5 nitrogen and oxygen atoms in total. The molecule has 1 N–H and O–H groups in total. The molecule has 0 bridgehead atoms. The Balaban J connectivity index is 1.29. The molecule has 2 aliphatic rings. The fourth-order valence-corrected chi connectivity index (χ4v) is 6.01. The van der Waals surface area contributed by atoms with Crippen molar-refractivity contribution < 1.29 is 9.59 Å². The van der Waals surface area contributed by atoms with E-state index in [4.69, 9.17) is 0 Å². The molecule has 3 unspecified atom stereocenters. The van der Waals surface area contributed by atoms with Crippen molar-refractivity contribution >= 4 is 23.6 Å². The van der Waals surface area contributed by atoms with Crippen molar-refractivity contribution in [3.05, 3.63) is 71.3 Å². The summed E-state index contributed by atoms with van der Waals surface area (Å²) in [6.07, 6.45) is 1.32. The minimum Gasteiger partial charge on any atom is -0.350 e. The highest BCUT2D eigenvalue weighted by Gasteiger charge is 2.34. The molecule has 0 aliphatic carbocycles. The highest BCUT2D eigenvalue weighted by Crippen LogP contribution is 2.24. The number of hydrogen-bond acceptors (Lipinski definition) is 4. The first-order valence-electron chi connectivity index (χ1n) is 11.5. The topological polar surface area (TPSA) is 52.7 Å². The molecule has 2 aromatic rings. The smallest absolute Gasteiger partial charge is 0.255 e. The Morgan fingerprint density at radius 1 is 0.969 bits per heavy atom. The van der Waals surface area contributed by atoms with Crippen LogP contribution in [0.5, 0.6) is 0 Å². The predicted octanol–water partition coefficient (Wildman–Crippen LogP) is 4.00. The SMILES string of the molecule is CC1CC(C)CN(Cc2ccc(CNC(=O)C3CSCN3C(=O)c3ccccc3)cc2)C1. The van der Waals surface area contributed by atoms with Gasteiger partial charge in [-0.15, -0.1) is 11.8 Å². The second kappa shape index (κ2) is 10.5. The predicted molar refractivity (Wildman–Crippen MR) is 130 cm³/mol. The van der Waals surface area contributed by atoms with Crippen LogP contribution < -0.4 is 5.32 Å². The lowest BCUT2D eigenvalue weighted by atomic mass is 9.91. The number of hydrogen-bond donors (Lipinski definition) is 1. The van der Waals surface area contributed by atoms with Gasteiger partial charge in [-0.05, 0) is 41.5 Å². The minimum absolute atomic E-state index is 0.0820. The van der Waals surface area contributed by atoms with Gasteiger partial charge in [0.2, 0.25) is 5.91 Å². The Morgan fingerprint density at radius 2 is 1.62 bits per heavy atom. The lowest BCUT2D eigenvalue weighted by Gasteiger charge is -2.35. The molecule has 170 valence electrons. The van der Waals surface area contributed by atoms with E-state index in [9.17, 15) is 9.59 Å². The van der Waals surface area contributed by atoms with Gasteiger partial charge in [0.25, 0.3) is 5.91 Å². The molecule has 6 heteroatoms. The van der Waals surface area contributed by atoms with Gasteiger partial charge in [0.05, 0.1) is 5.88 Å². The maximum absolute atomic E-state index is 12.8. The fourth-order valence-electron chi connectivity index (χ4n) is 4.86. The molecule has 0 saturated carbocycles. The number of carbonyl (C=O) groups is 2. The highest BCUT2D eigenvalue weighted by molar-refractivity contribution is 7.99. The van der Waals surface area contributed by atoms with Crippen LogP contribution in [0.3, 0.4) is 0 Å². The standard InChI is InChI=1S/C26H33N3O2S/c1-19-12-20(2)15-28(14-19)16-22-10-8-21(9-11-22)13-27-25(30)24-17-32-18-29(24)26(31)23-6-4-3-5-7-23/h3-11,19-20,24H,12-18H2,1-2H3,(H,27,30). The van der Waals surface area contributed by atoms with Crippen LogP contribution in [0.25, 0.3) is 0 Å². The van der Waals surface area contributed by atoms with Crippen molar-refractivity contribution in [1.82, 2.24) is 15.1 Å². The third kappa shape index (κ3) is 5.73. The third-order valence-electron chi connectivity index (χ3n) is 6.31. The average molecular weight is 452 g/mol. The van der Waals surface area contributed by atoms with Crippen LogP contribution in [0, 0.1) is 11.8 Å². The molecule has 0 radical (unpaired) electrons. The maximum atomic E-state index is 12.8. The summed E-state index contributed by atoms with van der Waals surface area (Å²) >= 11 is 1.62. The van der Waals surface area contributed by atoms with E-state index < -0.39 is 6.04 Å². The van der Waals surface area contributed by atoms with Gasteiger partial charge in [0, 0.05) is 37.5 Å². The Kier molecular flexibility index (Phi) is 7.53. The van der Waals surface area contributed by atoms with Crippen LogP contribution >= 0.6 is 11.8 Å². The summed E-state index contributed by atoms with van der Waals surface area (Å²) in [5.41, 5.74) is 3.02. The van der Waals surface area contributed by atoms with Crippen molar-refractivity contribution in [1.29, 1.82) is 0 Å². The first kappa shape index (κ1) is 22.9. The molecule has 2 fully saturated rings. The van der Waals surface area contributed by atoms with Gasteiger partial charge in [-0.2, -0.15) is 0 Å². The number of benzene rings is 2. The molecule has 2 aliphatic heterocycles. The zero-order valence-electron chi connectivity index (χ0n) is 19.0. The molecular weight excluding hydrogens is 418 g/mol. The van der Waals surface area contributed by atoms with Crippen molar-refractivity contribution in [2.24, 2.45) is 11.8 Å². The van der Waals surface area contributed by atoms with Gasteiger partial charge in [-0.3, -0.25) is 14.5 Å². The zero-order valence-corrected chi connectivity index (χ0v) is 19.8. The lowest BCUT2D eigenvalue weighted by molar-refractivity contribution is -0.124. The monoisotopic (exact) mass is 451 g/mol. The Labute approximate surface area is 195 Å². The number of nitrogens with zero attached hydrogens (tertiary/aromatic N) is 2. The van der Waals surface area contributed by atoms with Crippen molar-refractivity contribution in [3.8, 4) is 0 Å². The largest absolute Gasteiger partial charge is 0.350 e. The van der Waals surface area contributed by atoms with E-state index in [-0.39, 0.29) is 11.8 Å². The van der Waals surface area contributed by atoms with E-state index >= 15 is 0 Å². The van der Waals surface area contributed by atoms with E-state index in [1.807, 2.05) is 18.2 Å². The molecule has 3 atom stereocenters. The number of amides is 2. The van der Waals surface area contributed by atoms with E-state index in [0.717, 1.165) is 23.9 Å². The Hall–Kier alpha value is -2.31. The lowest BCUT2D eigenvalue weighted by Crippen LogP contribution is -2.47. The fraction of sp³-hybridized carbons (Fsp3) is 0.462. The summed E-state index contributed by atoms with van der Waals surface area (Å²) in [6, 6.07) is 17.3. The van der Waals surface area contributed by atoms with Crippen molar-refractivity contribution in [2.75, 3.05) is 24.7 Å². The summed E-state index contributed by atoms with van der Waals surface area (Å²) in [7, 11) is 0. The summed E-state index contributed by atoms with van der Waals surface area (Å²) in [5.74, 6) is 2.54. The molecule has 4 rings (SSSR count). The van der Waals surface area contributed by atoms with Crippen LogP contribution in [0.15, 0.2) is 54.6 Å². The number of nitrogens with one attached hydrogen (secondary N) is 1. The van der Waals surface area contributed by atoms with Crippen LogP contribution in [0.4, 0.5) is 0 Å². The second-order valence-electron chi connectivity index (χ2n) is 9.33. The van der Waals surface area contributed by atoms with Gasteiger partial charge in [-0.1, -0.05) is 56.3 Å². The van der Waals surface area contributed by atoms with Gasteiger partial charge in [0.15, 0.2) is 0 Å². The minimum atomic E-state index is -0.421. The number of thioether (sulfide) groups is 1. The number of carbonyl (C=O) groups excluding carboxylic acids is 2. The van der Waals surface area contributed by atoms with Crippen LogP contribution in [0.1, 0.15) is 41.8 Å². The van der Waals surface area contributed by atoms with Gasteiger partial charge in [0.1, 0.15) is 6.04 Å². The first-order chi connectivity index (χ1) is 15.5. The summed E-state index contributed by atoms with van der Waals surface area (Å²) in [5, 5.41) is 3.03. The van der Waals surface area contributed by atoms with Crippen LogP contribution in [0.2, 0.25) is 0 Å². The van der Waals surface area contributed by atoms with Crippen LogP contribution in [-0.2, 0) is 17.9 Å². The zero-order chi connectivity index (χ0) is 22.5. The van der Waals surface area contributed by atoms with Gasteiger partial charge in [-0.25, -0.2) is 0 Å². The van der Waals surface area contributed by atoms with E-state index in [1.165, 1.54) is 25.1 Å². The molecular formula is C26H33N3O2S. The van der Waals surface area contributed by atoms with E-state index in [0.29, 0.717) is 23.7 Å². The molecule has 32 heavy (non-hydrogen) atoms. The molecule has 0 spiro atoms. The van der Waals surface area contributed by atoms with E-state index in [1.54, 1.807) is 28.8 Å². The normalized spacial score (nSPS) is 23.8. The summed E-state index contributed by atoms with van der Waals surface area (Å²) in [6.45, 7) is 8.47. The third-order valence-corrected chi connectivity index (χ3v) is 7.32. The van der Waals surface area contributed by atoms with Gasteiger partial charge >= 0.3 is 0 Å². The Morgan fingerprint density at radius 3 is 2.31 bits per heavy atom. The van der Waals surface area contributed by atoms with Gasteiger partial charge < -0.3 is 10.2 Å². The van der Waals surface area contributed by atoms with Crippen molar-refractivity contribution in [2.45, 2.75) is 39.4 Å². The average Bonchev–Trinajstić information content (AvgIpc) is 3.28. The Bertz CT molecular complexity index is 908. The quantitative estimate of drug-likeness (QED) is 0.721. The summed E-state index contributed by atoms with van der Waals surface area (Å²) in [4.78, 5) is 29.9. The molecule has 2 amide bonds. The van der Waals surface area contributed by atoms with Crippen LogP contribution in [-0.4, -0.2) is 52.4 Å². The number of rotatable bonds is 6. The maximum Gasteiger partial charge on any atom is 0.255 e. The summed E-state index contributed by atoms with van der Waals surface area (Å²) < 4.78 is 0. The molecule has 2 saturated heterocycles. The number of likely N-dealkylation sites (tertiary alicyclic amines) is 1. The molecule has 2 heterocycles. The van der Waals surface area contributed by atoms with E-state index in [2.05, 4.69) is 48.3 Å². The second-order valence-corrected chi connectivity index (χ2v) is 10.3. The number of piperidine rings is 1. The molecule has 2 aromatic carbocycles. The molecule has 0 aromatic heterocycles. The first-order valence-corrected chi connectivity index (χ1v) is 12.7.